The van der Waals surface area contributed by atoms with E-state index in [1.54, 1.807) is 12.0 Å². The van der Waals surface area contributed by atoms with Crippen LogP contribution in [0.5, 0.6) is 5.75 Å². The Labute approximate surface area is 179 Å². The summed E-state index contributed by atoms with van der Waals surface area (Å²) in [6.45, 7) is 5.26. The van der Waals surface area contributed by atoms with Crippen molar-refractivity contribution >= 4 is 11.6 Å². The van der Waals surface area contributed by atoms with Gasteiger partial charge < -0.3 is 20.3 Å². The van der Waals surface area contributed by atoms with E-state index >= 15 is 0 Å². The van der Waals surface area contributed by atoms with Gasteiger partial charge in [-0.1, -0.05) is 30.3 Å². The normalized spacial score (nSPS) is 23.2. The first-order valence-corrected chi connectivity index (χ1v) is 10.9. The molecule has 1 amide bonds. The summed E-state index contributed by atoms with van der Waals surface area (Å²) in [5.74, 6) is 1.07. The van der Waals surface area contributed by atoms with Crippen molar-refractivity contribution in [2.24, 2.45) is 0 Å². The van der Waals surface area contributed by atoms with Crippen LogP contribution in [0.25, 0.3) is 0 Å². The lowest BCUT2D eigenvalue weighted by Gasteiger charge is -2.43. The topological polar surface area (TPSA) is 53.6 Å². The largest absolute Gasteiger partial charge is 0.496 e. The van der Waals surface area contributed by atoms with Gasteiger partial charge in [-0.05, 0) is 56.4 Å². The highest BCUT2D eigenvalue weighted by Crippen LogP contribution is 2.35. The fourth-order valence-corrected chi connectivity index (χ4v) is 4.75. The Balaban J connectivity index is 1.56. The molecule has 2 aliphatic heterocycles. The third-order valence-corrected chi connectivity index (χ3v) is 6.57. The van der Waals surface area contributed by atoms with Crippen molar-refractivity contribution in [3.63, 3.8) is 0 Å². The maximum atomic E-state index is 12.2. The predicted octanol–water partition coefficient (Wildman–Crippen LogP) is 3.97. The quantitative estimate of drug-likeness (QED) is 0.788. The molecular weight excluding hydrogens is 374 g/mol. The summed E-state index contributed by atoms with van der Waals surface area (Å²) in [6, 6.07) is 15.5. The predicted molar refractivity (Wildman–Crippen MR) is 121 cm³/mol. The lowest BCUT2D eigenvalue weighted by atomic mass is 9.83. The summed E-state index contributed by atoms with van der Waals surface area (Å²) in [4.78, 5) is 13.9. The summed E-state index contributed by atoms with van der Waals surface area (Å²) < 4.78 is 5.70. The maximum Gasteiger partial charge on any atom is 0.227 e. The lowest BCUT2D eigenvalue weighted by Crippen LogP contribution is -2.54. The fraction of sp³-hybridized carbons (Fsp3) is 0.480. The van der Waals surface area contributed by atoms with E-state index in [1.165, 1.54) is 11.1 Å². The number of rotatable bonds is 5. The molecule has 1 saturated heterocycles. The van der Waals surface area contributed by atoms with Gasteiger partial charge >= 0.3 is 0 Å². The number of anilines is 1. The van der Waals surface area contributed by atoms with Crippen molar-refractivity contribution in [2.45, 2.75) is 63.7 Å². The SMILES string of the molecule is COc1cc2c(cc1CNC1CCC(C)(C)NC1c1ccccc1)N(C)C(=O)CC2. The Morgan fingerprint density at radius 3 is 2.70 bits per heavy atom. The number of carbonyl (C=O) groups excluding carboxylic acids is 1. The maximum absolute atomic E-state index is 12.2. The van der Waals surface area contributed by atoms with Crippen LogP contribution in [0.2, 0.25) is 0 Å². The van der Waals surface area contributed by atoms with E-state index in [9.17, 15) is 4.79 Å². The molecule has 2 N–H and O–H groups in total. The number of hydrogen-bond acceptors (Lipinski definition) is 4. The number of aryl methyl sites for hydroxylation is 1. The second-order valence-corrected chi connectivity index (χ2v) is 9.19. The zero-order valence-corrected chi connectivity index (χ0v) is 18.5. The number of benzene rings is 2. The number of nitrogens with one attached hydrogen (secondary N) is 2. The van der Waals surface area contributed by atoms with Crippen LogP contribution >= 0.6 is 0 Å². The molecule has 0 saturated carbocycles. The average Bonchev–Trinajstić information content (AvgIpc) is 2.75. The van der Waals surface area contributed by atoms with Crippen LogP contribution in [0.1, 0.15) is 55.8 Å². The van der Waals surface area contributed by atoms with Crippen molar-refractivity contribution < 1.29 is 9.53 Å². The van der Waals surface area contributed by atoms with Gasteiger partial charge in [-0.25, -0.2) is 0 Å². The van der Waals surface area contributed by atoms with Crippen LogP contribution < -0.4 is 20.3 Å². The molecule has 0 bridgehead atoms. The van der Waals surface area contributed by atoms with Gasteiger partial charge in [0.2, 0.25) is 5.91 Å². The van der Waals surface area contributed by atoms with Crippen LogP contribution in [0, 0.1) is 0 Å². The zero-order valence-electron chi connectivity index (χ0n) is 18.5. The van der Waals surface area contributed by atoms with Crippen LogP contribution in [0.4, 0.5) is 5.69 Å². The van der Waals surface area contributed by atoms with E-state index in [0.29, 0.717) is 19.0 Å². The fourth-order valence-electron chi connectivity index (χ4n) is 4.75. The second-order valence-electron chi connectivity index (χ2n) is 9.19. The van der Waals surface area contributed by atoms with Crippen LogP contribution in [0.3, 0.4) is 0 Å². The molecular formula is C25H33N3O2. The van der Waals surface area contributed by atoms with E-state index in [0.717, 1.165) is 36.3 Å². The van der Waals surface area contributed by atoms with Gasteiger partial charge in [0.15, 0.2) is 0 Å². The Bertz CT molecular complexity index is 910. The highest BCUT2D eigenvalue weighted by Gasteiger charge is 2.35. The molecule has 30 heavy (non-hydrogen) atoms. The second kappa shape index (κ2) is 8.40. The molecule has 5 nitrogen and oxygen atoms in total. The highest BCUT2D eigenvalue weighted by molar-refractivity contribution is 5.96. The van der Waals surface area contributed by atoms with E-state index in [1.807, 2.05) is 7.05 Å². The number of fused-ring (bicyclic) bond motifs is 1. The monoisotopic (exact) mass is 407 g/mol. The van der Waals surface area contributed by atoms with Crippen LogP contribution in [-0.2, 0) is 17.8 Å². The minimum atomic E-state index is 0.116. The van der Waals surface area contributed by atoms with E-state index < -0.39 is 0 Å². The van der Waals surface area contributed by atoms with Crippen molar-refractivity contribution in [1.29, 1.82) is 0 Å². The molecule has 2 atom stereocenters. The molecule has 1 fully saturated rings. The summed E-state index contributed by atoms with van der Waals surface area (Å²) in [7, 11) is 3.59. The van der Waals surface area contributed by atoms with Crippen molar-refractivity contribution in [2.75, 3.05) is 19.1 Å². The number of nitrogens with zero attached hydrogens (tertiary/aromatic N) is 1. The summed E-state index contributed by atoms with van der Waals surface area (Å²) in [6.07, 6.45) is 3.56. The Morgan fingerprint density at radius 1 is 1.20 bits per heavy atom. The molecule has 2 heterocycles. The number of piperidine rings is 1. The first kappa shape index (κ1) is 20.9. The number of carbonyl (C=O) groups is 1. The smallest absolute Gasteiger partial charge is 0.227 e. The zero-order chi connectivity index (χ0) is 21.3. The van der Waals surface area contributed by atoms with Gasteiger partial charge in [-0.15, -0.1) is 0 Å². The van der Waals surface area contributed by atoms with Gasteiger partial charge in [0.05, 0.1) is 7.11 Å². The van der Waals surface area contributed by atoms with Crippen molar-refractivity contribution in [1.82, 2.24) is 10.6 Å². The van der Waals surface area contributed by atoms with E-state index in [2.05, 4.69) is 66.9 Å². The van der Waals surface area contributed by atoms with Gasteiger partial charge in [-0.2, -0.15) is 0 Å². The standard InChI is InChI=1S/C25H33N3O2/c1-25(2)13-12-20(24(27-25)17-8-6-5-7-9-17)26-16-19-14-21-18(15-22(19)30-4)10-11-23(29)28(21)3/h5-9,14-15,20,24,26-27H,10-13,16H2,1-4H3. The third-order valence-electron chi connectivity index (χ3n) is 6.57. The van der Waals surface area contributed by atoms with Crippen molar-refractivity contribution in [3.05, 3.63) is 59.2 Å². The first-order chi connectivity index (χ1) is 14.4. The Morgan fingerprint density at radius 2 is 1.97 bits per heavy atom. The molecule has 160 valence electrons. The van der Waals surface area contributed by atoms with Crippen LogP contribution in [-0.4, -0.2) is 31.6 Å². The highest BCUT2D eigenvalue weighted by atomic mass is 16.5. The van der Waals surface area contributed by atoms with Gasteiger partial charge in [0.1, 0.15) is 5.75 Å². The minimum absolute atomic E-state index is 0.116. The van der Waals surface area contributed by atoms with Crippen LogP contribution in [0.15, 0.2) is 42.5 Å². The van der Waals surface area contributed by atoms with E-state index in [4.69, 9.17) is 4.74 Å². The average molecular weight is 408 g/mol. The Hall–Kier alpha value is -2.37. The summed E-state index contributed by atoms with van der Waals surface area (Å²) in [5, 5.41) is 7.63. The third kappa shape index (κ3) is 4.23. The molecule has 0 aliphatic carbocycles. The van der Waals surface area contributed by atoms with Gasteiger partial charge in [0.25, 0.3) is 0 Å². The molecule has 4 rings (SSSR count). The van der Waals surface area contributed by atoms with Gasteiger partial charge in [0, 0.05) is 48.9 Å². The summed E-state index contributed by atoms with van der Waals surface area (Å²) in [5.41, 5.74) is 4.71. The molecule has 5 heteroatoms. The molecule has 0 spiro atoms. The minimum Gasteiger partial charge on any atom is -0.496 e. The molecule has 0 aromatic heterocycles. The first-order valence-electron chi connectivity index (χ1n) is 10.9. The number of ether oxygens (including phenoxy) is 1. The number of hydrogen-bond donors (Lipinski definition) is 2. The summed E-state index contributed by atoms with van der Waals surface area (Å²) >= 11 is 0. The van der Waals surface area contributed by atoms with E-state index in [-0.39, 0.29) is 17.5 Å². The Kier molecular flexibility index (Phi) is 5.85. The molecule has 2 aromatic rings. The van der Waals surface area contributed by atoms with Crippen molar-refractivity contribution in [3.8, 4) is 5.75 Å². The molecule has 2 aliphatic rings. The molecule has 0 radical (unpaired) electrons. The van der Waals surface area contributed by atoms with Gasteiger partial charge in [-0.3, -0.25) is 4.79 Å². The molecule has 2 unspecified atom stereocenters. The lowest BCUT2D eigenvalue weighted by molar-refractivity contribution is -0.118. The number of methoxy groups -OCH3 is 1. The molecule has 2 aromatic carbocycles. The number of amides is 1.